The van der Waals surface area contributed by atoms with Gasteiger partial charge in [0.1, 0.15) is 0 Å². The second-order valence-corrected chi connectivity index (χ2v) is 6.02. The Kier molecular flexibility index (Phi) is 5.55. The lowest BCUT2D eigenvalue weighted by molar-refractivity contribution is 0.198. The van der Waals surface area contributed by atoms with Crippen LogP contribution in [0.4, 0.5) is 0 Å². The summed E-state index contributed by atoms with van der Waals surface area (Å²) < 4.78 is -0.163. The first-order chi connectivity index (χ1) is 8.04. The van der Waals surface area contributed by atoms with Gasteiger partial charge in [-0.2, -0.15) is 11.8 Å². The molecule has 1 rings (SSSR count). The summed E-state index contributed by atoms with van der Waals surface area (Å²) in [6.07, 6.45) is 3.95. The molecule has 5 nitrogen and oxygen atoms in total. The first kappa shape index (κ1) is 14.6. The number of hydrogen-bond acceptors (Lipinski definition) is 5. The summed E-state index contributed by atoms with van der Waals surface area (Å²) in [7, 11) is 4.18. The predicted molar refractivity (Wildman–Crippen MR) is 73.9 cm³/mol. The van der Waals surface area contributed by atoms with E-state index in [1.165, 1.54) is 0 Å². The fraction of sp³-hybridized carbons (Fsp3) is 0.909. The van der Waals surface area contributed by atoms with Gasteiger partial charge in [-0.25, -0.2) is 0 Å². The van der Waals surface area contributed by atoms with E-state index in [1.807, 2.05) is 6.26 Å². The van der Waals surface area contributed by atoms with Gasteiger partial charge in [-0.05, 0) is 46.3 Å². The molecular formula is C11H24N4OS. The molecule has 100 valence electrons. The van der Waals surface area contributed by atoms with Gasteiger partial charge in [0.25, 0.3) is 0 Å². The molecule has 0 atom stereocenters. The Morgan fingerprint density at radius 2 is 2.06 bits per heavy atom. The molecule has 1 saturated heterocycles. The summed E-state index contributed by atoms with van der Waals surface area (Å²) >= 11 is 1.70. The first-order valence-electron chi connectivity index (χ1n) is 5.94. The largest absolute Gasteiger partial charge is 0.409 e. The number of hydrogen-bond donors (Lipinski definition) is 2. The van der Waals surface area contributed by atoms with E-state index >= 15 is 0 Å². The highest BCUT2D eigenvalue weighted by atomic mass is 32.2. The van der Waals surface area contributed by atoms with Crippen LogP contribution < -0.4 is 5.73 Å². The van der Waals surface area contributed by atoms with Crippen molar-refractivity contribution in [1.82, 2.24) is 9.80 Å². The van der Waals surface area contributed by atoms with Gasteiger partial charge >= 0.3 is 0 Å². The summed E-state index contributed by atoms with van der Waals surface area (Å²) in [5.41, 5.74) is 5.81. The van der Waals surface area contributed by atoms with Gasteiger partial charge in [-0.1, -0.05) is 5.16 Å². The highest BCUT2D eigenvalue weighted by Gasteiger charge is 2.37. The molecule has 0 saturated carbocycles. The van der Waals surface area contributed by atoms with Gasteiger partial charge in [0, 0.05) is 13.1 Å². The maximum atomic E-state index is 8.85. The van der Waals surface area contributed by atoms with Gasteiger partial charge in [0.05, 0.1) is 4.75 Å². The monoisotopic (exact) mass is 260 g/mol. The Balaban J connectivity index is 2.48. The minimum atomic E-state index is -0.163. The quantitative estimate of drug-likeness (QED) is 0.326. The smallest absolute Gasteiger partial charge is 0.155 e. The number of likely N-dealkylation sites (tertiary alicyclic amines) is 1. The van der Waals surface area contributed by atoms with Gasteiger partial charge in [0.2, 0.25) is 0 Å². The summed E-state index contributed by atoms with van der Waals surface area (Å²) in [4.78, 5) is 4.64. The van der Waals surface area contributed by atoms with Crippen LogP contribution in [0.1, 0.15) is 12.8 Å². The van der Waals surface area contributed by atoms with Gasteiger partial charge in [-0.3, -0.25) is 0 Å². The van der Waals surface area contributed by atoms with Crippen molar-refractivity contribution >= 4 is 17.6 Å². The number of oxime groups is 1. The highest BCUT2D eigenvalue weighted by Crippen LogP contribution is 2.34. The molecule has 0 unspecified atom stereocenters. The van der Waals surface area contributed by atoms with Crippen LogP contribution >= 0.6 is 11.8 Å². The van der Waals surface area contributed by atoms with Crippen molar-refractivity contribution < 1.29 is 5.21 Å². The average molecular weight is 260 g/mol. The minimum Gasteiger partial charge on any atom is -0.409 e. The molecule has 0 amide bonds. The number of thioether (sulfide) groups is 1. The van der Waals surface area contributed by atoms with E-state index in [-0.39, 0.29) is 4.75 Å². The van der Waals surface area contributed by atoms with E-state index in [4.69, 9.17) is 10.9 Å². The van der Waals surface area contributed by atoms with Gasteiger partial charge < -0.3 is 20.7 Å². The minimum absolute atomic E-state index is 0.163. The molecule has 6 heteroatoms. The van der Waals surface area contributed by atoms with E-state index in [1.54, 1.807) is 11.8 Å². The van der Waals surface area contributed by atoms with Gasteiger partial charge in [-0.15, -0.1) is 0 Å². The van der Waals surface area contributed by atoms with Crippen LogP contribution in [0, 0.1) is 0 Å². The van der Waals surface area contributed by atoms with Crippen LogP contribution in [0.25, 0.3) is 0 Å². The van der Waals surface area contributed by atoms with Crippen molar-refractivity contribution in [1.29, 1.82) is 0 Å². The Morgan fingerprint density at radius 3 is 2.47 bits per heavy atom. The Hall–Kier alpha value is -0.460. The maximum Gasteiger partial charge on any atom is 0.155 e. The van der Waals surface area contributed by atoms with Crippen LogP contribution in [0.3, 0.4) is 0 Å². The summed E-state index contributed by atoms with van der Waals surface area (Å²) in [6, 6.07) is 0. The lowest BCUT2D eigenvalue weighted by atomic mass is 9.94. The van der Waals surface area contributed by atoms with Crippen molar-refractivity contribution in [2.75, 3.05) is 46.5 Å². The first-order valence-corrected chi connectivity index (χ1v) is 7.17. The predicted octanol–water partition coefficient (Wildman–Crippen LogP) is 0.492. The molecule has 0 radical (unpaired) electrons. The molecule has 0 aromatic carbocycles. The third-order valence-corrected chi connectivity index (χ3v) is 4.89. The number of nitrogens with two attached hydrogens (primary N) is 1. The lowest BCUT2D eigenvalue weighted by Gasteiger charge is -2.40. The van der Waals surface area contributed by atoms with E-state index < -0.39 is 0 Å². The van der Waals surface area contributed by atoms with E-state index in [0.29, 0.717) is 5.84 Å². The summed E-state index contributed by atoms with van der Waals surface area (Å²) in [5, 5.41) is 12.1. The van der Waals surface area contributed by atoms with E-state index in [9.17, 15) is 0 Å². The van der Waals surface area contributed by atoms with Crippen LogP contribution in [0.5, 0.6) is 0 Å². The molecule has 0 aromatic heterocycles. The number of piperidine rings is 1. The van der Waals surface area contributed by atoms with Gasteiger partial charge in [0.15, 0.2) is 5.84 Å². The summed E-state index contributed by atoms with van der Waals surface area (Å²) in [5.74, 6) is 0.372. The SMILES string of the molecule is CSC1(C(N)=NO)CCN(CCN(C)C)CC1. The molecule has 17 heavy (non-hydrogen) atoms. The molecule has 1 aliphatic heterocycles. The Bertz CT molecular complexity index is 262. The van der Waals surface area contributed by atoms with Crippen LogP contribution in [0.15, 0.2) is 5.16 Å². The average Bonchev–Trinajstić information content (AvgIpc) is 2.36. The normalized spacial score (nSPS) is 22.0. The molecule has 3 N–H and O–H groups in total. The molecule has 0 aliphatic carbocycles. The Labute approximate surface area is 108 Å². The highest BCUT2D eigenvalue weighted by molar-refractivity contribution is 8.00. The number of amidine groups is 1. The molecule has 0 aromatic rings. The molecule has 1 heterocycles. The zero-order valence-electron chi connectivity index (χ0n) is 11.0. The van der Waals surface area contributed by atoms with Crippen LogP contribution in [-0.2, 0) is 0 Å². The number of likely N-dealkylation sites (N-methyl/N-ethyl adjacent to an activating group) is 1. The maximum absolute atomic E-state index is 8.85. The number of nitrogens with zero attached hydrogens (tertiary/aromatic N) is 3. The van der Waals surface area contributed by atoms with Crippen LogP contribution in [0.2, 0.25) is 0 Å². The van der Waals surface area contributed by atoms with E-state index in [2.05, 4.69) is 29.1 Å². The zero-order chi connectivity index (χ0) is 12.9. The van der Waals surface area contributed by atoms with Crippen molar-refractivity contribution in [3.8, 4) is 0 Å². The second kappa shape index (κ2) is 6.47. The van der Waals surface area contributed by atoms with Crippen molar-refractivity contribution in [3.05, 3.63) is 0 Å². The Morgan fingerprint density at radius 1 is 1.47 bits per heavy atom. The lowest BCUT2D eigenvalue weighted by Crippen LogP contribution is -2.51. The summed E-state index contributed by atoms with van der Waals surface area (Å²) in [6.45, 7) is 4.21. The van der Waals surface area contributed by atoms with Crippen molar-refractivity contribution in [2.45, 2.75) is 17.6 Å². The molecule has 1 aliphatic rings. The third-order valence-electron chi connectivity index (χ3n) is 3.49. The fourth-order valence-electron chi connectivity index (χ4n) is 2.14. The topological polar surface area (TPSA) is 65.1 Å². The molecular weight excluding hydrogens is 236 g/mol. The fourth-order valence-corrected chi connectivity index (χ4v) is 2.98. The molecule has 0 bridgehead atoms. The van der Waals surface area contributed by atoms with Crippen LogP contribution in [-0.4, -0.2) is 72.1 Å². The second-order valence-electron chi connectivity index (χ2n) is 4.83. The molecule has 1 fully saturated rings. The van der Waals surface area contributed by atoms with Crippen molar-refractivity contribution in [2.24, 2.45) is 10.9 Å². The van der Waals surface area contributed by atoms with E-state index in [0.717, 1.165) is 39.0 Å². The standard InChI is InChI=1S/C11H24N4OS/c1-14(2)8-9-15-6-4-11(17-3,5-7-15)10(12)13-16/h16H,4-9H2,1-3H3,(H2,12,13). The van der Waals surface area contributed by atoms with Crippen molar-refractivity contribution in [3.63, 3.8) is 0 Å². The molecule has 0 spiro atoms. The third kappa shape index (κ3) is 3.76. The number of rotatable bonds is 5. The zero-order valence-corrected chi connectivity index (χ0v) is 11.8.